The number of aromatic amines is 1. The molecule has 4 saturated heterocycles. The Hall–Kier alpha value is -9.90. The predicted octanol–water partition coefficient (Wildman–Crippen LogP) is 4.78. The van der Waals surface area contributed by atoms with Gasteiger partial charge in [-0.2, -0.15) is 15.0 Å². The second-order valence-corrected chi connectivity index (χ2v) is 33.2. The first kappa shape index (κ1) is 89.4. The van der Waals surface area contributed by atoms with Crippen LogP contribution in [0, 0.1) is 25.6 Å². The number of aliphatic hydroxyl groups is 2. The molecule has 0 spiro atoms. The van der Waals surface area contributed by atoms with Crippen LogP contribution < -0.4 is 38.2 Å². The molecule has 50 heteroatoms. The number of alkyl halides is 1. The standard InChI is InChI=1S/C70H81FN19O26P3S/c1-38(2)30-75-68-85-60-50(63(96)86-68)79-37-90(60)67-56(102-8)53(42(31-91)110-67)115-118(100,105-28-23-73-5)107-33-44-52(48(71)64(112-44)87-25-20-46(80-39(3)92)82-69(87)97)114-117(99,104-27-22-72-4)108-34-45-54(57(103-9)66(113-45)89-36-78-49-58(76-35-77-59(49)89)84-62(95)41-18-14-11-15-19-41)116-119(120,106-29-24-74-6)109-32-43-51(93)55(101-7)65(111-43)88-26-21-47(83-70(88)98)81-61(94)40-16-12-10-13-17-40/h10-21,25-26,35-38,42-45,48,51-57,64-67,91,93H,22-24,27-34H2,1-3,7-9H3,(H2,75,85,86,96)(H,76,77,84,95)(H,80,82,92,97)(H,81,83,94,98)/t42-,43-,44-,45-,48-,51-,52-,53-,54-,55-,56-,57-,64-,65-,66-,67-,117?,118?,119?/m1/s1. The van der Waals surface area contributed by atoms with Gasteiger partial charge in [0.15, 0.2) is 59.2 Å². The van der Waals surface area contributed by atoms with E-state index in [9.17, 15) is 39.0 Å². The van der Waals surface area contributed by atoms with Crippen LogP contribution in [-0.4, -0.2) is 253 Å². The number of hydrogen-bond acceptors (Lipinski definition) is 35. The third kappa shape index (κ3) is 20.8. The number of rotatable bonds is 40. The Bertz CT molecular complexity index is 5430. The van der Waals surface area contributed by atoms with Crippen LogP contribution in [0.15, 0.2) is 119 Å². The third-order valence-corrected chi connectivity index (χ3v) is 23.8. The molecule has 12 rings (SSSR count). The summed E-state index contributed by atoms with van der Waals surface area (Å²) >= 11 is 6.12. The molecule has 4 fully saturated rings. The summed E-state index contributed by atoms with van der Waals surface area (Å²) in [6.07, 6.45) is -21.4. The van der Waals surface area contributed by atoms with Crippen LogP contribution in [0.1, 0.15) is 66.4 Å². The van der Waals surface area contributed by atoms with Crippen molar-refractivity contribution in [3.8, 4) is 0 Å². The Balaban J connectivity index is 0.862. The number of fused-ring (bicyclic) bond motifs is 2. The van der Waals surface area contributed by atoms with Gasteiger partial charge in [-0.1, -0.05) is 50.2 Å². The first-order valence-corrected chi connectivity index (χ1v) is 42.2. The fourth-order valence-electron chi connectivity index (χ4n) is 13.0. The van der Waals surface area contributed by atoms with Crippen molar-refractivity contribution in [1.82, 2.24) is 58.1 Å². The molecule has 45 nitrogen and oxygen atoms in total. The van der Waals surface area contributed by atoms with Crippen LogP contribution in [0.5, 0.6) is 0 Å². The number of phosphoric acid groups is 2. The highest BCUT2D eigenvalue weighted by atomic mass is 32.5. The van der Waals surface area contributed by atoms with Gasteiger partial charge in [-0.3, -0.25) is 74.1 Å². The molecule has 0 bridgehead atoms. The minimum absolute atomic E-state index is 0.00324. The molecule has 3 unspecified atom stereocenters. The van der Waals surface area contributed by atoms with E-state index in [2.05, 4.69) is 75.7 Å². The summed E-state index contributed by atoms with van der Waals surface area (Å²) in [5, 5.41) is 33.4. The van der Waals surface area contributed by atoms with Crippen molar-refractivity contribution in [2.24, 2.45) is 5.92 Å². The van der Waals surface area contributed by atoms with Gasteiger partial charge in [0.1, 0.15) is 105 Å². The molecule has 8 aromatic rings. The molecular weight excluding hydrogens is 1670 g/mol. The highest BCUT2D eigenvalue weighted by Crippen LogP contribution is 2.59. The molecule has 0 saturated carbocycles. The average Bonchev–Trinajstić information content (AvgIpc) is 1.61. The van der Waals surface area contributed by atoms with Crippen LogP contribution in [-0.2, 0) is 99.6 Å². The van der Waals surface area contributed by atoms with E-state index in [4.69, 9.17) is 105 Å². The maximum atomic E-state index is 18.1. The number of nitrogens with one attached hydrogen (secondary N) is 5. The monoisotopic (exact) mass is 1750 g/mol. The molecule has 640 valence electrons. The normalized spacial score (nSPS) is 25.6. The number of nitrogens with zero attached hydrogens (tertiary/aromatic N) is 14. The SMILES string of the molecule is [C-]#[N+]CCOP(=O)(OC[C@H]1O[C@@H](n2cnc3c(NC(=O)c4ccccc4)ncnc32)[C@H](OC)[C@@H]1OP(=S)(OCC[N+]#[C-])OC[C@H]1O[C@@H](n2ccc(NC(=O)c3ccccc3)nc2=O)[C@H](OC)[C@@H]1O)O[C@H]1[C@@H](F)[C@H](n2ccc(NC(C)=O)nc2=O)O[C@@H]1COP(=O)(OCC[N+]#[C-])O[C@H]1[C@@H](OC)[C@H](n2cnc3c(=O)[nH]c(NCC(C)C)nc32)O[C@@H]1CO. The van der Waals surface area contributed by atoms with Crippen LogP contribution in [0.2, 0.25) is 0 Å². The molecule has 4 aliphatic heterocycles. The number of hydrogen-bond donors (Lipinski definition) is 7. The van der Waals surface area contributed by atoms with Crippen molar-refractivity contribution < 1.29 is 112 Å². The number of imidazole rings is 2. The smallest absolute Gasteiger partial charge is 0.394 e. The molecule has 7 N–H and O–H groups in total. The molecule has 2 aromatic carbocycles. The summed E-state index contributed by atoms with van der Waals surface area (Å²) in [7, 11) is -7.19. The lowest BCUT2D eigenvalue weighted by atomic mass is 10.1. The second-order valence-electron chi connectivity index (χ2n) is 26.9. The number of carbonyl (C=O) groups is 3. The molecule has 6 aromatic heterocycles. The fourth-order valence-corrected chi connectivity index (χ4v) is 17.8. The first-order valence-electron chi connectivity index (χ1n) is 36.7. The van der Waals surface area contributed by atoms with E-state index in [1.54, 1.807) is 60.7 Å². The summed E-state index contributed by atoms with van der Waals surface area (Å²) in [6.45, 7) is 16.6. The van der Waals surface area contributed by atoms with E-state index >= 15 is 13.5 Å². The van der Waals surface area contributed by atoms with Crippen LogP contribution >= 0.6 is 22.4 Å². The van der Waals surface area contributed by atoms with E-state index < -0.39 is 215 Å². The summed E-state index contributed by atoms with van der Waals surface area (Å²) in [4.78, 5) is 122. The maximum absolute atomic E-state index is 18.1. The Morgan fingerprint density at radius 2 is 1.07 bits per heavy atom. The molecule has 4 aliphatic rings. The zero-order chi connectivity index (χ0) is 85.6. The van der Waals surface area contributed by atoms with E-state index in [0.717, 1.165) is 30.1 Å². The molecule has 10 heterocycles. The number of methoxy groups -OCH3 is 3. The summed E-state index contributed by atoms with van der Waals surface area (Å²) < 4.78 is 152. The predicted molar refractivity (Wildman–Crippen MR) is 417 cm³/mol. The number of halogens is 1. The highest BCUT2D eigenvalue weighted by Gasteiger charge is 2.57. The Morgan fingerprint density at radius 3 is 1.63 bits per heavy atom. The largest absolute Gasteiger partial charge is 0.475 e. The molecule has 0 radical (unpaired) electrons. The van der Waals surface area contributed by atoms with Crippen molar-refractivity contribution in [3.63, 3.8) is 0 Å². The van der Waals surface area contributed by atoms with Gasteiger partial charge in [-0.15, -0.1) is 0 Å². The summed E-state index contributed by atoms with van der Waals surface area (Å²) in [5.41, 5.74) is -2.40. The lowest BCUT2D eigenvalue weighted by Gasteiger charge is -2.31. The fraction of sp³-hybridized carbons (Fsp3) is 0.486. The first-order chi connectivity index (χ1) is 57.7. The summed E-state index contributed by atoms with van der Waals surface area (Å²) in [6, 6.07) is 18.7. The quantitative estimate of drug-likeness (QED) is 0.0154. The molecular formula is C70H81FN19O26P3S. The van der Waals surface area contributed by atoms with E-state index in [0.29, 0.717) is 11.1 Å². The van der Waals surface area contributed by atoms with Crippen LogP contribution in [0.3, 0.4) is 0 Å². The number of ether oxygens (including phenoxy) is 7. The minimum atomic E-state index is -5.58. The van der Waals surface area contributed by atoms with Crippen molar-refractivity contribution >= 4 is 97.6 Å². The van der Waals surface area contributed by atoms with Crippen molar-refractivity contribution in [1.29, 1.82) is 0 Å². The van der Waals surface area contributed by atoms with Gasteiger partial charge in [-0.25, -0.2) is 62.8 Å². The molecule has 120 heavy (non-hydrogen) atoms. The molecule has 0 aliphatic carbocycles. The zero-order valence-corrected chi connectivity index (χ0v) is 68.0. The Kier molecular flexibility index (Phi) is 29.9. The number of carbonyl (C=O) groups excluding carboxylic acids is 3. The number of aromatic nitrogens is 12. The van der Waals surface area contributed by atoms with Crippen LogP contribution in [0.25, 0.3) is 36.9 Å². The van der Waals surface area contributed by atoms with E-state index in [-0.39, 0.29) is 69.3 Å². The number of amides is 3. The van der Waals surface area contributed by atoms with E-state index in [1.165, 1.54) is 55.4 Å². The van der Waals surface area contributed by atoms with E-state index in [1.807, 2.05) is 13.8 Å². The average molecular weight is 1750 g/mol. The lowest BCUT2D eigenvalue weighted by Crippen LogP contribution is -2.39. The van der Waals surface area contributed by atoms with Gasteiger partial charge in [0.05, 0.1) is 39.1 Å². The second kappa shape index (κ2) is 40.2. The molecule has 3 amide bonds. The van der Waals surface area contributed by atoms with Crippen LogP contribution in [0.4, 0.5) is 27.8 Å². The lowest BCUT2D eigenvalue weighted by molar-refractivity contribution is -0.114. The summed E-state index contributed by atoms with van der Waals surface area (Å²) in [5.74, 6) is -2.03. The van der Waals surface area contributed by atoms with Gasteiger partial charge < -0.3 is 88.2 Å². The number of anilines is 4. The molecule has 19 atom stereocenters. The van der Waals surface area contributed by atoms with Crippen molar-refractivity contribution in [2.75, 3.05) is 115 Å². The van der Waals surface area contributed by atoms with Crippen molar-refractivity contribution in [3.05, 3.63) is 181 Å². The number of benzene rings is 2. The maximum Gasteiger partial charge on any atom is 0.475 e. The number of phosphoric ester groups is 2. The van der Waals surface area contributed by atoms with Gasteiger partial charge in [0.2, 0.25) is 31.5 Å². The van der Waals surface area contributed by atoms with Gasteiger partial charge >= 0.3 is 33.7 Å². The Labute approximate surface area is 685 Å². The number of aliphatic hydroxyl groups excluding tert-OH is 2. The zero-order valence-electron chi connectivity index (χ0n) is 64.5. The highest BCUT2D eigenvalue weighted by molar-refractivity contribution is 8.07. The van der Waals surface area contributed by atoms with Gasteiger partial charge in [0.25, 0.3) is 17.4 Å². The third-order valence-electron chi connectivity index (χ3n) is 18.5. The van der Waals surface area contributed by atoms with Gasteiger partial charge in [0, 0.05) is 58.3 Å². The number of H-pyrrole nitrogens is 1. The topological polar surface area (TPSA) is 512 Å². The van der Waals surface area contributed by atoms with Gasteiger partial charge in [-0.05, 0) is 54.1 Å². The van der Waals surface area contributed by atoms with Crippen molar-refractivity contribution in [2.45, 2.75) is 119 Å². The minimum Gasteiger partial charge on any atom is -0.394 e. The Morgan fingerprint density at radius 1 is 0.583 bits per heavy atom.